The van der Waals surface area contributed by atoms with Crippen LogP contribution in [0.1, 0.15) is 55.6 Å². The van der Waals surface area contributed by atoms with Gasteiger partial charge in [0, 0.05) is 33.4 Å². The van der Waals surface area contributed by atoms with Crippen molar-refractivity contribution in [2.24, 2.45) is 0 Å². The summed E-state index contributed by atoms with van der Waals surface area (Å²) in [5.41, 5.74) is -13.1. The zero-order valence-corrected chi connectivity index (χ0v) is 24.8. The summed E-state index contributed by atoms with van der Waals surface area (Å²) in [6.07, 6.45) is -10.2. The first-order chi connectivity index (χ1) is 24.2. The Bertz CT molecular complexity index is 2440. The predicted octanol–water partition coefficient (Wildman–Crippen LogP) is 8.10. The molecule has 0 radical (unpaired) electrons. The first kappa shape index (κ1) is 34.4. The van der Waals surface area contributed by atoms with Crippen LogP contribution in [0, 0.1) is 96.5 Å². The van der Waals surface area contributed by atoms with Crippen LogP contribution < -0.4 is 0 Å². The summed E-state index contributed by atoms with van der Waals surface area (Å²) in [6, 6.07) is 17.6. The van der Waals surface area contributed by atoms with E-state index in [2.05, 4.69) is 0 Å². The molecule has 2 aliphatic carbocycles. The molecule has 8 nitrogen and oxygen atoms in total. The number of nitriles is 8. The van der Waals surface area contributed by atoms with Crippen molar-refractivity contribution in [3.63, 3.8) is 0 Å². The average Bonchev–Trinajstić information content (AvgIpc) is 3.61. The molecule has 15 heteroatoms. The molecule has 0 bridgehead atoms. The average molecular weight is 684 g/mol. The Balaban J connectivity index is 1.98. The molecule has 2 aliphatic rings. The van der Waals surface area contributed by atoms with Gasteiger partial charge in [-0.2, -0.15) is 68.4 Å². The number of rotatable bonds is 2. The molecule has 0 aliphatic heterocycles. The molecule has 5 rings (SSSR count). The molecule has 0 atom stereocenters. The van der Waals surface area contributed by atoms with Crippen LogP contribution in [0.2, 0.25) is 0 Å². The fourth-order valence-corrected chi connectivity index (χ4v) is 5.96. The van der Waals surface area contributed by atoms with Crippen molar-refractivity contribution >= 4 is 33.4 Å². The highest BCUT2D eigenvalue weighted by Crippen LogP contribution is 2.56. The number of nitrogens with zero attached hydrogens (tertiary/aromatic N) is 8. The third kappa shape index (κ3) is 5.19. The Morgan fingerprint density at radius 2 is 0.843 bits per heavy atom. The molecule has 3 aromatic rings. The van der Waals surface area contributed by atoms with Gasteiger partial charge in [-0.05, 0) is 52.6 Å². The standard InChI is InChI=1S/C36H7F7N8/c37-34-32-22(30(20(10-46)11-47)28(24(32)14-50)16-1-3-18(8-44)26(5-16)35(38,39)40)7-23-31(21(12-48)13-49)29(25(15-51)33(23)34)17-2-4-19(9-45)27(6-17)36(41,42)43/h1-7H. The van der Waals surface area contributed by atoms with Crippen LogP contribution in [-0.2, 0) is 12.4 Å². The zero-order chi connectivity index (χ0) is 37.6. The molecule has 51 heavy (non-hydrogen) atoms. The molecule has 0 aromatic heterocycles. The van der Waals surface area contributed by atoms with E-state index in [4.69, 9.17) is 0 Å². The lowest BCUT2D eigenvalue weighted by Gasteiger charge is -2.14. The molecule has 0 saturated heterocycles. The molecule has 0 unspecified atom stereocenters. The van der Waals surface area contributed by atoms with Crippen LogP contribution in [0.15, 0.2) is 53.6 Å². The summed E-state index contributed by atoms with van der Waals surface area (Å²) in [6.45, 7) is 0. The quantitative estimate of drug-likeness (QED) is 0.191. The third-order valence-corrected chi connectivity index (χ3v) is 7.94. The van der Waals surface area contributed by atoms with Gasteiger partial charge < -0.3 is 0 Å². The molecule has 0 spiro atoms. The Morgan fingerprint density at radius 3 is 1.12 bits per heavy atom. The lowest BCUT2D eigenvalue weighted by Crippen LogP contribution is -2.08. The Labute approximate surface area is 282 Å². The van der Waals surface area contributed by atoms with Crippen LogP contribution in [0.25, 0.3) is 33.4 Å². The van der Waals surface area contributed by atoms with Gasteiger partial charge in [0.2, 0.25) is 0 Å². The molecule has 3 aromatic carbocycles. The smallest absolute Gasteiger partial charge is 0.206 e. The zero-order valence-electron chi connectivity index (χ0n) is 24.8. The lowest BCUT2D eigenvalue weighted by molar-refractivity contribution is -0.138. The van der Waals surface area contributed by atoms with Crippen molar-refractivity contribution < 1.29 is 30.7 Å². The van der Waals surface area contributed by atoms with Gasteiger partial charge in [-0.25, -0.2) is 4.39 Å². The molecule has 240 valence electrons. The Kier molecular flexibility index (Phi) is 8.26. The van der Waals surface area contributed by atoms with Gasteiger partial charge in [-0.15, -0.1) is 0 Å². The topological polar surface area (TPSA) is 190 Å². The van der Waals surface area contributed by atoms with Crippen molar-refractivity contribution in [3.8, 4) is 48.6 Å². The first-order valence-corrected chi connectivity index (χ1v) is 13.7. The second kappa shape index (κ2) is 12.3. The van der Waals surface area contributed by atoms with Crippen LogP contribution >= 0.6 is 0 Å². The highest BCUT2D eigenvalue weighted by Gasteiger charge is 2.42. The molecule has 0 saturated carbocycles. The summed E-state index contributed by atoms with van der Waals surface area (Å²) in [7, 11) is 0. The van der Waals surface area contributed by atoms with Crippen molar-refractivity contribution in [2.45, 2.75) is 12.4 Å². The molecule has 0 N–H and O–H groups in total. The highest BCUT2D eigenvalue weighted by molar-refractivity contribution is 6.30. The van der Waals surface area contributed by atoms with Crippen LogP contribution in [0.5, 0.6) is 0 Å². The van der Waals surface area contributed by atoms with E-state index in [1.807, 2.05) is 0 Å². The monoisotopic (exact) mass is 684 g/mol. The minimum atomic E-state index is -5.10. The van der Waals surface area contributed by atoms with Crippen LogP contribution in [0.3, 0.4) is 0 Å². The molecule has 0 fully saturated rings. The van der Waals surface area contributed by atoms with Crippen molar-refractivity contribution in [2.75, 3.05) is 0 Å². The minimum absolute atomic E-state index is 0.462. The van der Waals surface area contributed by atoms with E-state index < -0.39 is 118 Å². The normalized spacial score (nSPS) is 13.0. The SMILES string of the molecule is N#CC(C#N)=C1C(c2ccc(C#N)c(C(F)(F)F)c2)=C(C#N)c2c1cc1c(c2F)C(C#N)=C(c2ccc(C#N)c(C(F)(F)F)c2)C1=C(C#N)C#N. The third-order valence-electron chi connectivity index (χ3n) is 7.94. The van der Waals surface area contributed by atoms with Crippen LogP contribution in [0.4, 0.5) is 30.7 Å². The largest absolute Gasteiger partial charge is 0.417 e. The van der Waals surface area contributed by atoms with Crippen molar-refractivity contribution in [1.82, 2.24) is 0 Å². The van der Waals surface area contributed by atoms with E-state index in [1.165, 1.54) is 12.1 Å². The fraction of sp³-hybridized carbons (Fsp3) is 0.0556. The number of halogens is 7. The van der Waals surface area contributed by atoms with E-state index in [1.54, 1.807) is 36.4 Å². The van der Waals surface area contributed by atoms with E-state index >= 15 is 4.39 Å². The number of alkyl halides is 6. The Hall–Kier alpha value is -7.95. The lowest BCUT2D eigenvalue weighted by atomic mass is 9.88. The fourth-order valence-electron chi connectivity index (χ4n) is 5.96. The highest BCUT2D eigenvalue weighted by atomic mass is 19.4. The van der Waals surface area contributed by atoms with E-state index in [9.17, 15) is 68.4 Å². The first-order valence-electron chi connectivity index (χ1n) is 13.7. The van der Waals surface area contributed by atoms with E-state index in [-0.39, 0.29) is 0 Å². The van der Waals surface area contributed by atoms with Gasteiger partial charge in [0.05, 0.1) is 45.5 Å². The number of fused-ring (bicyclic) bond motifs is 2. The summed E-state index contributed by atoms with van der Waals surface area (Å²) in [5, 5.41) is 78.6. The van der Waals surface area contributed by atoms with E-state index in [0.717, 1.165) is 30.3 Å². The summed E-state index contributed by atoms with van der Waals surface area (Å²) >= 11 is 0. The van der Waals surface area contributed by atoms with Gasteiger partial charge in [-0.1, -0.05) is 12.1 Å². The molecule has 0 heterocycles. The second-order valence-corrected chi connectivity index (χ2v) is 10.4. The maximum absolute atomic E-state index is 17.0. The second-order valence-electron chi connectivity index (χ2n) is 10.4. The number of allylic oxidation sites excluding steroid dienone is 8. The van der Waals surface area contributed by atoms with E-state index in [0.29, 0.717) is 12.1 Å². The number of benzene rings is 3. The summed E-state index contributed by atoms with van der Waals surface area (Å²) in [4.78, 5) is 0. The maximum atomic E-state index is 17.0. The van der Waals surface area contributed by atoms with Gasteiger partial charge in [0.1, 0.15) is 53.4 Å². The van der Waals surface area contributed by atoms with Gasteiger partial charge in [-0.3, -0.25) is 0 Å². The van der Waals surface area contributed by atoms with Crippen molar-refractivity contribution in [3.05, 3.63) is 115 Å². The minimum Gasteiger partial charge on any atom is -0.206 e. The number of hydrogen-bond acceptors (Lipinski definition) is 8. The van der Waals surface area contributed by atoms with Gasteiger partial charge in [0.25, 0.3) is 0 Å². The maximum Gasteiger partial charge on any atom is 0.417 e. The van der Waals surface area contributed by atoms with Gasteiger partial charge in [0.15, 0.2) is 0 Å². The molecular formula is C36H7F7N8. The number of hydrogen-bond donors (Lipinski definition) is 0. The summed E-state index contributed by atoms with van der Waals surface area (Å²) < 4.78 is 101. The van der Waals surface area contributed by atoms with Crippen LogP contribution in [-0.4, -0.2) is 0 Å². The van der Waals surface area contributed by atoms with Crippen molar-refractivity contribution in [1.29, 1.82) is 42.1 Å². The predicted molar refractivity (Wildman–Crippen MR) is 160 cm³/mol. The van der Waals surface area contributed by atoms with Gasteiger partial charge >= 0.3 is 12.4 Å². The Morgan fingerprint density at radius 1 is 0.490 bits per heavy atom. The molecule has 0 amide bonds. The summed E-state index contributed by atoms with van der Waals surface area (Å²) in [5.74, 6) is -1.45. The molecular weight excluding hydrogens is 677 g/mol.